The van der Waals surface area contributed by atoms with Crippen LogP contribution in [0.2, 0.25) is 0 Å². The molecule has 8 nitrogen and oxygen atoms in total. The van der Waals surface area contributed by atoms with Gasteiger partial charge in [0.25, 0.3) is 0 Å². The summed E-state index contributed by atoms with van der Waals surface area (Å²) in [5, 5.41) is 11.2. The highest BCUT2D eigenvalue weighted by Gasteiger charge is 2.33. The lowest BCUT2D eigenvalue weighted by Crippen LogP contribution is -2.28. The second kappa shape index (κ2) is 13.5. The third-order valence-electron chi connectivity index (χ3n) is 7.68. The zero-order chi connectivity index (χ0) is 33.1. The molecular weight excluding hydrogens is 598 g/mol. The molecule has 3 heterocycles. The molecular formula is C37H41N3O5S. The van der Waals surface area contributed by atoms with Gasteiger partial charge in [0.1, 0.15) is 18.1 Å². The Hall–Kier alpha value is -4.50. The van der Waals surface area contributed by atoms with Crippen LogP contribution >= 0.6 is 11.8 Å². The summed E-state index contributed by atoms with van der Waals surface area (Å²) in [5.41, 5.74) is 4.66. The quantitative estimate of drug-likeness (QED) is 0.136. The fourth-order valence-corrected chi connectivity index (χ4v) is 6.52. The van der Waals surface area contributed by atoms with Crippen molar-refractivity contribution in [2.75, 3.05) is 14.2 Å². The highest BCUT2D eigenvalue weighted by molar-refractivity contribution is 8.00. The molecule has 0 aliphatic heterocycles. The number of nitrogens with zero attached hydrogens (tertiary/aromatic N) is 3. The van der Waals surface area contributed by atoms with Crippen molar-refractivity contribution in [3.05, 3.63) is 96.1 Å². The number of ether oxygens (including phenoxy) is 3. The standard InChI is InChI=1S/C37H41N3O5S/c1-36(2,3)46-33-28-20-27(45-23-26-10-8-9-18-38-26)15-16-29(28)40(30(33)21-37(4,5)35(41)42)22-24-11-13-25(14-12-24)32-31(43-6)17-19-39-34(32)44-7/h8-20H,21-23H2,1-7H3,(H,41,42). The summed E-state index contributed by atoms with van der Waals surface area (Å²) in [6.45, 7) is 11.0. The number of hydrogen-bond donors (Lipinski definition) is 1. The first-order valence-electron chi connectivity index (χ1n) is 15.2. The van der Waals surface area contributed by atoms with Crippen molar-refractivity contribution in [3.63, 3.8) is 0 Å². The second-order valence-electron chi connectivity index (χ2n) is 12.8. The van der Waals surface area contributed by atoms with Crippen LogP contribution in [0.25, 0.3) is 22.0 Å². The minimum absolute atomic E-state index is 0.116. The van der Waals surface area contributed by atoms with Crippen LogP contribution in [0.4, 0.5) is 0 Å². The van der Waals surface area contributed by atoms with Crippen molar-refractivity contribution in [2.45, 2.75) is 63.8 Å². The molecule has 0 radical (unpaired) electrons. The third kappa shape index (κ3) is 7.31. The van der Waals surface area contributed by atoms with Crippen LogP contribution in [-0.4, -0.2) is 44.6 Å². The molecule has 0 saturated heterocycles. The summed E-state index contributed by atoms with van der Waals surface area (Å²) >= 11 is 1.76. The normalized spacial score (nSPS) is 11.9. The van der Waals surface area contributed by atoms with Gasteiger partial charge in [0.2, 0.25) is 5.88 Å². The molecule has 46 heavy (non-hydrogen) atoms. The van der Waals surface area contributed by atoms with Crippen molar-refractivity contribution in [1.29, 1.82) is 0 Å². The van der Waals surface area contributed by atoms with Gasteiger partial charge in [-0.1, -0.05) is 51.1 Å². The van der Waals surface area contributed by atoms with E-state index in [9.17, 15) is 9.90 Å². The van der Waals surface area contributed by atoms with Gasteiger partial charge in [0, 0.05) is 51.6 Å². The number of benzene rings is 2. The number of aliphatic carboxylic acids is 1. The van der Waals surface area contributed by atoms with Gasteiger partial charge < -0.3 is 23.9 Å². The number of thioether (sulfide) groups is 1. The summed E-state index contributed by atoms with van der Waals surface area (Å²) < 4.78 is 19.5. The number of carbonyl (C=O) groups is 1. The van der Waals surface area contributed by atoms with E-state index >= 15 is 0 Å². The van der Waals surface area contributed by atoms with Gasteiger partial charge in [-0.2, -0.15) is 0 Å². The highest BCUT2D eigenvalue weighted by Crippen LogP contribution is 2.44. The average molecular weight is 640 g/mol. The van der Waals surface area contributed by atoms with E-state index in [2.05, 4.69) is 59.6 Å². The van der Waals surface area contributed by atoms with Gasteiger partial charge in [0.15, 0.2) is 0 Å². The van der Waals surface area contributed by atoms with Crippen LogP contribution in [0.15, 0.2) is 84.0 Å². The van der Waals surface area contributed by atoms with Gasteiger partial charge in [-0.15, -0.1) is 11.8 Å². The highest BCUT2D eigenvalue weighted by atomic mass is 32.2. The molecule has 0 saturated carbocycles. The lowest BCUT2D eigenvalue weighted by Gasteiger charge is -2.24. The molecule has 0 bridgehead atoms. The first kappa shape index (κ1) is 32.9. The van der Waals surface area contributed by atoms with E-state index in [0.29, 0.717) is 31.2 Å². The van der Waals surface area contributed by atoms with E-state index in [4.69, 9.17) is 14.2 Å². The minimum atomic E-state index is -0.977. The predicted molar refractivity (Wildman–Crippen MR) is 183 cm³/mol. The Morgan fingerprint density at radius 3 is 2.30 bits per heavy atom. The van der Waals surface area contributed by atoms with Crippen LogP contribution in [0.3, 0.4) is 0 Å². The number of pyridine rings is 2. The molecule has 0 aliphatic carbocycles. The van der Waals surface area contributed by atoms with Crippen LogP contribution in [-0.2, 0) is 24.4 Å². The number of methoxy groups -OCH3 is 2. The number of rotatable bonds is 12. The van der Waals surface area contributed by atoms with E-state index in [1.807, 2.05) is 42.5 Å². The Bertz CT molecular complexity index is 1800. The summed E-state index contributed by atoms with van der Waals surface area (Å²) in [6.07, 6.45) is 3.78. The molecule has 5 aromatic rings. The molecule has 0 atom stereocenters. The molecule has 0 spiro atoms. The Morgan fingerprint density at radius 1 is 0.913 bits per heavy atom. The summed E-state index contributed by atoms with van der Waals surface area (Å²) in [7, 11) is 3.23. The van der Waals surface area contributed by atoms with E-state index < -0.39 is 11.4 Å². The van der Waals surface area contributed by atoms with Crippen molar-refractivity contribution in [2.24, 2.45) is 5.41 Å². The predicted octanol–water partition coefficient (Wildman–Crippen LogP) is 8.29. The van der Waals surface area contributed by atoms with E-state index in [1.165, 1.54) is 0 Å². The number of carboxylic acids is 1. The zero-order valence-corrected chi connectivity index (χ0v) is 28.3. The topological polar surface area (TPSA) is 95.7 Å². The van der Waals surface area contributed by atoms with E-state index in [-0.39, 0.29) is 4.75 Å². The molecule has 0 unspecified atom stereocenters. The molecule has 0 aliphatic rings. The number of aromatic nitrogens is 3. The second-order valence-corrected chi connectivity index (χ2v) is 14.7. The van der Waals surface area contributed by atoms with Crippen LogP contribution in [0.5, 0.6) is 17.4 Å². The smallest absolute Gasteiger partial charge is 0.309 e. The van der Waals surface area contributed by atoms with Crippen LogP contribution in [0.1, 0.15) is 51.6 Å². The van der Waals surface area contributed by atoms with E-state index in [0.717, 1.165) is 49.6 Å². The molecule has 5 rings (SSSR count). The molecule has 9 heteroatoms. The Labute approximate surface area is 274 Å². The van der Waals surface area contributed by atoms with Crippen molar-refractivity contribution in [3.8, 4) is 28.5 Å². The molecule has 0 fully saturated rings. The fourth-order valence-electron chi connectivity index (χ4n) is 5.33. The van der Waals surface area contributed by atoms with Gasteiger partial charge in [-0.25, -0.2) is 4.98 Å². The van der Waals surface area contributed by atoms with Crippen LogP contribution in [0, 0.1) is 5.41 Å². The summed E-state index contributed by atoms with van der Waals surface area (Å²) in [6, 6.07) is 22.0. The average Bonchev–Trinajstić information content (AvgIpc) is 3.29. The lowest BCUT2D eigenvalue weighted by atomic mass is 9.88. The Balaban J connectivity index is 1.60. The first-order valence-corrected chi connectivity index (χ1v) is 16.0. The minimum Gasteiger partial charge on any atom is -0.496 e. The van der Waals surface area contributed by atoms with Gasteiger partial charge in [-0.3, -0.25) is 9.78 Å². The maximum atomic E-state index is 12.4. The molecule has 2 aromatic carbocycles. The van der Waals surface area contributed by atoms with Gasteiger partial charge in [-0.05, 0) is 61.4 Å². The van der Waals surface area contributed by atoms with E-state index in [1.54, 1.807) is 52.2 Å². The lowest BCUT2D eigenvalue weighted by molar-refractivity contribution is -0.146. The molecule has 1 N–H and O–H groups in total. The maximum Gasteiger partial charge on any atom is 0.309 e. The number of fused-ring (bicyclic) bond motifs is 1. The molecule has 240 valence electrons. The van der Waals surface area contributed by atoms with Crippen molar-refractivity contribution >= 4 is 28.6 Å². The Morgan fingerprint density at radius 2 is 1.67 bits per heavy atom. The summed E-state index contributed by atoms with van der Waals surface area (Å²) in [4.78, 5) is 22.2. The molecule has 0 amide bonds. The number of carboxylic acid groups (broad SMARTS) is 1. The largest absolute Gasteiger partial charge is 0.496 e. The first-order chi connectivity index (χ1) is 21.9. The van der Waals surface area contributed by atoms with Gasteiger partial charge in [0.05, 0.1) is 30.9 Å². The van der Waals surface area contributed by atoms with Crippen molar-refractivity contribution < 1.29 is 24.1 Å². The molecule has 3 aromatic heterocycles. The van der Waals surface area contributed by atoms with Gasteiger partial charge >= 0.3 is 5.97 Å². The summed E-state index contributed by atoms with van der Waals surface area (Å²) in [5.74, 6) is 1.07. The zero-order valence-electron chi connectivity index (χ0n) is 27.5. The fraction of sp³-hybridized carbons (Fsp3) is 0.324. The maximum absolute atomic E-state index is 12.4. The SMILES string of the molecule is COc1ccnc(OC)c1-c1ccc(Cn2c(CC(C)(C)C(=O)O)c(SC(C)(C)C)c3cc(OCc4ccccn4)ccc32)cc1. The number of hydrogen-bond acceptors (Lipinski definition) is 7. The van der Waals surface area contributed by atoms with Crippen molar-refractivity contribution in [1.82, 2.24) is 14.5 Å². The Kier molecular flexibility index (Phi) is 9.63. The third-order valence-corrected chi connectivity index (χ3v) is 8.95. The monoisotopic (exact) mass is 639 g/mol. The van der Waals surface area contributed by atoms with Crippen LogP contribution < -0.4 is 14.2 Å².